The standard InChI is InChI=1S/C24H26N2O4S/c1-18-13-15-20(16-14-18)30-17-19(2)25-24(27)22-11-7-8-12-23(22)26(3)31(28,29)21-9-5-4-6-10-21/h4-16,19H,17H2,1-3H3,(H,25,27). The van der Waals surface area contributed by atoms with E-state index in [9.17, 15) is 13.2 Å². The molecule has 0 bridgehead atoms. The quantitative estimate of drug-likeness (QED) is 0.576. The van der Waals surface area contributed by atoms with Crippen molar-refractivity contribution >= 4 is 21.6 Å². The van der Waals surface area contributed by atoms with Crippen molar-refractivity contribution in [2.24, 2.45) is 0 Å². The fourth-order valence-electron chi connectivity index (χ4n) is 3.02. The predicted octanol–water partition coefficient (Wildman–Crippen LogP) is 4.02. The Kier molecular flexibility index (Phi) is 6.97. The topological polar surface area (TPSA) is 75.7 Å². The third kappa shape index (κ3) is 5.44. The molecule has 162 valence electrons. The van der Waals surface area contributed by atoms with Crippen molar-refractivity contribution in [1.29, 1.82) is 0 Å². The van der Waals surface area contributed by atoms with Crippen LogP contribution in [-0.4, -0.2) is 34.0 Å². The maximum Gasteiger partial charge on any atom is 0.264 e. The lowest BCUT2D eigenvalue weighted by Gasteiger charge is -2.23. The van der Waals surface area contributed by atoms with Crippen molar-refractivity contribution in [3.63, 3.8) is 0 Å². The lowest BCUT2D eigenvalue weighted by Crippen LogP contribution is -2.38. The Morgan fingerprint density at radius 1 is 0.968 bits per heavy atom. The van der Waals surface area contributed by atoms with Gasteiger partial charge in [-0.1, -0.05) is 48.0 Å². The Morgan fingerprint density at radius 2 is 1.58 bits per heavy atom. The third-order valence-corrected chi connectivity index (χ3v) is 6.57. The number of nitrogens with zero attached hydrogens (tertiary/aromatic N) is 1. The summed E-state index contributed by atoms with van der Waals surface area (Å²) in [6.45, 7) is 4.12. The number of ether oxygens (including phenoxy) is 1. The molecule has 0 aliphatic heterocycles. The van der Waals surface area contributed by atoms with Crippen molar-refractivity contribution < 1.29 is 17.9 Å². The summed E-state index contributed by atoms with van der Waals surface area (Å²) in [5.74, 6) is 0.353. The van der Waals surface area contributed by atoms with Gasteiger partial charge in [0, 0.05) is 7.05 Å². The average molecular weight is 439 g/mol. The molecule has 0 fully saturated rings. The molecule has 0 spiro atoms. The van der Waals surface area contributed by atoms with Crippen LogP contribution in [0, 0.1) is 6.92 Å². The van der Waals surface area contributed by atoms with Crippen LogP contribution in [0.2, 0.25) is 0 Å². The van der Waals surface area contributed by atoms with Crippen LogP contribution in [0.25, 0.3) is 0 Å². The van der Waals surface area contributed by atoms with Gasteiger partial charge in [0.15, 0.2) is 0 Å². The average Bonchev–Trinajstić information content (AvgIpc) is 2.78. The normalized spacial score (nSPS) is 12.1. The molecule has 1 atom stereocenters. The second kappa shape index (κ2) is 9.66. The van der Waals surface area contributed by atoms with E-state index in [2.05, 4.69) is 5.32 Å². The Morgan fingerprint density at radius 3 is 2.26 bits per heavy atom. The van der Waals surface area contributed by atoms with Crippen LogP contribution in [0.1, 0.15) is 22.8 Å². The second-order valence-corrected chi connectivity index (χ2v) is 9.27. The van der Waals surface area contributed by atoms with Crippen molar-refractivity contribution in [1.82, 2.24) is 5.32 Å². The number of anilines is 1. The zero-order valence-electron chi connectivity index (χ0n) is 17.8. The largest absolute Gasteiger partial charge is 0.491 e. The summed E-state index contributed by atoms with van der Waals surface area (Å²) in [5.41, 5.74) is 1.71. The molecule has 0 radical (unpaired) electrons. The molecule has 3 aromatic carbocycles. The Labute approximate surface area is 183 Å². The van der Waals surface area contributed by atoms with Crippen LogP contribution in [0.5, 0.6) is 5.75 Å². The molecule has 31 heavy (non-hydrogen) atoms. The minimum atomic E-state index is -3.80. The van der Waals surface area contributed by atoms with Gasteiger partial charge in [-0.25, -0.2) is 8.42 Å². The van der Waals surface area contributed by atoms with Crippen LogP contribution < -0.4 is 14.4 Å². The van der Waals surface area contributed by atoms with Crippen molar-refractivity contribution in [3.8, 4) is 5.75 Å². The first-order chi connectivity index (χ1) is 14.8. The number of hydrogen-bond donors (Lipinski definition) is 1. The minimum absolute atomic E-state index is 0.160. The summed E-state index contributed by atoms with van der Waals surface area (Å²) in [6, 6.07) is 22.1. The minimum Gasteiger partial charge on any atom is -0.491 e. The number of nitrogens with one attached hydrogen (secondary N) is 1. The van der Waals surface area contributed by atoms with E-state index >= 15 is 0 Å². The molecule has 1 unspecified atom stereocenters. The highest BCUT2D eigenvalue weighted by Gasteiger charge is 2.25. The summed E-state index contributed by atoms with van der Waals surface area (Å²) < 4.78 is 32.8. The number of hydrogen-bond acceptors (Lipinski definition) is 4. The lowest BCUT2D eigenvalue weighted by molar-refractivity contribution is 0.0927. The molecule has 0 heterocycles. The van der Waals surface area contributed by atoms with Crippen molar-refractivity contribution in [2.75, 3.05) is 18.0 Å². The van der Waals surface area contributed by atoms with E-state index in [1.165, 1.54) is 19.2 Å². The third-order valence-electron chi connectivity index (χ3n) is 4.79. The van der Waals surface area contributed by atoms with Crippen LogP contribution in [0.3, 0.4) is 0 Å². The number of benzene rings is 3. The molecule has 0 aliphatic carbocycles. The van der Waals surface area contributed by atoms with Crippen LogP contribution >= 0.6 is 0 Å². The number of rotatable bonds is 8. The van der Waals surface area contributed by atoms with Gasteiger partial charge >= 0.3 is 0 Å². The molecule has 1 N–H and O–H groups in total. The van der Waals surface area contributed by atoms with Gasteiger partial charge in [0.25, 0.3) is 15.9 Å². The monoisotopic (exact) mass is 438 g/mol. The molecule has 0 saturated heterocycles. The highest BCUT2D eigenvalue weighted by atomic mass is 32.2. The van der Waals surface area contributed by atoms with Gasteiger partial charge in [0.05, 0.1) is 22.2 Å². The first kappa shape index (κ1) is 22.4. The molecule has 0 aliphatic rings. The number of para-hydroxylation sites is 1. The maximum atomic E-state index is 13.0. The first-order valence-corrected chi connectivity index (χ1v) is 11.4. The van der Waals surface area contributed by atoms with Gasteiger partial charge in [-0.3, -0.25) is 9.10 Å². The number of aryl methyl sites for hydroxylation is 1. The molecule has 0 saturated carbocycles. The van der Waals surface area contributed by atoms with Gasteiger partial charge in [-0.05, 0) is 50.2 Å². The van der Waals surface area contributed by atoms with E-state index in [-0.39, 0.29) is 29.0 Å². The molecule has 6 nitrogen and oxygen atoms in total. The van der Waals surface area contributed by atoms with Crippen molar-refractivity contribution in [3.05, 3.63) is 90.0 Å². The highest BCUT2D eigenvalue weighted by molar-refractivity contribution is 7.92. The summed E-state index contributed by atoms with van der Waals surface area (Å²) in [5, 5.41) is 2.88. The van der Waals surface area contributed by atoms with E-state index in [4.69, 9.17) is 4.74 Å². The van der Waals surface area contributed by atoms with E-state index in [0.717, 1.165) is 15.6 Å². The first-order valence-electron chi connectivity index (χ1n) is 9.92. The Balaban J connectivity index is 1.73. The zero-order valence-corrected chi connectivity index (χ0v) is 18.6. The number of amides is 1. The smallest absolute Gasteiger partial charge is 0.264 e. The fourth-order valence-corrected chi connectivity index (χ4v) is 4.25. The van der Waals surface area contributed by atoms with E-state index in [0.29, 0.717) is 5.69 Å². The fraction of sp³-hybridized carbons (Fsp3) is 0.208. The molecule has 0 aromatic heterocycles. The second-order valence-electron chi connectivity index (χ2n) is 7.30. The maximum absolute atomic E-state index is 13.0. The van der Waals surface area contributed by atoms with Crippen LogP contribution in [0.4, 0.5) is 5.69 Å². The summed E-state index contributed by atoms with van der Waals surface area (Å²) in [6.07, 6.45) is 0. The summed E-state index contributed by atoms with van der Waals surface area (Å²) >= 11 is 0. The van der Waals surface area contributed by atoms with E-state index in [1.54, 1.807) is 42.5 Å². The summed E-state index contributed by atoms with van der Waals surface area (Å²) in [7, 11) is -2.35. The molecule has 3 aromatic rings. The van der Waals surface area contributed by atoms with Crippen molar-refractivity contribution in [2.45, 2.75) is 24.8 Å². The van der Waals surface area contributed by atoms with Crippen LogP contribution in [-0.2, 0) is 10.0 Å². The lowest BCUT2D eigenvalue weighted by atomic mass is 10.1. The summed E-state index contributed by atoms with van der Waals surface area (Å²) in [4.78, 5) is 13.1. The number of carbonyl (C=O) groups is 1. The molecular formula is C24H26N2O4S. The molecule has 7 heteroatoms. The molecule has 3 rings (SSSR count). The van der Waals surface area contributed by atoms with Crippen LogP contribution in [0.15, 0.2) is 83.8 Å². The molecular weight excluding hydrogens is 412 g/mol. The van der Waals surface area contributed by atoms with Gasteiger partial charge in [0.1, 0.15) is 12.4 Å². The molecule has 1 amide bonds. The predicted molar refractivity (Wildman–Crippen MR) is 122 cm³/mol. The number of sulfonamides is 1. The van der Waals surface area contributed by atoms with E-state index < -0.39 is 10.0 Å². The Bertz CT molecular complexity index is 1130. The highest BCUT2D eigenvalue weighted by Crippen LogP contribution is 2.25. The van der Waals surface area contributed by atoms with Gasteiger partial charge in [-0.2, -0.15) is 0 Å². The van der Waals surface area contributed by atoms with Gasteiger partial charge in [0.2, 0.25) is 0 Å². The van der Waals surface area contributed by atoms with Gasteiger partial charge < -0.3 is 10.1 Å². The Hall–Kier alpha value is -3.32. The van der Waals surface area contributed by atoms with E-state index in [1.807, 2.05) is 38.1 Å². The SMILES string of the molecule is Cc1ccc(OCC(C)NC(=O)c2ccccc2N(C)S(=O)(=O)c2ccccc2)cc1. The van der Waals surface area contributed by atoms with Gasteiger partial charge in [-0.15, -0.1) is 0 Å². The number of carbonyl (C=O) groups excluding carboxylic acids is 1. The zero-order chi connectivity index (χ0) is 22.4.